The number of anilines is 1. The van der Waals surface area contributed by atoms with Crippen molar-refractivity contribution in [2.24, 2.45) is 4.99 Å². The number of amides is 1. The second kappa shape index (κ2) is 9.84. The molecule has 0 unspecified atom stereocenters. The number of hydrogen-bond donors (Lipinski definition) is 1. The second-order valence-electron chi connectivity index (χ2n) is 8.31. The molecule has 0 spiro atoms. The van der Waals surface area contributed by atoms with Crippen LogP contribution in [0.25, 0.3) is 0 Å². The molecule has 0 atom stereocenters. The third-order valence-corrected chi connectivity index (χ3v) is 6.35. The van der Waals surface area contributed by atoms with Crippen LogP contribution in [-0.2, 0) is 22.5 Å². The van der Waals surface area contributed by atoms with Crippen LogP contribution in [0.4, 0.5) is 20.2 Å². The molecule has 0 bridgehead atoms. The van der Waals surface area contributed by atoms with Gasteiger partial charge in [0.2, 0.25) is 5.78 Å². The van der Waals surface area contributed by atoms with Crippen LogP contribution < -0.4 is 10.2 Å². The number of fused-ring (bicyclic) bond motifs is 1. The van der Waals surface area contributed by atoms with E-state index in [0.717, 1.165) is 22.4 Å². The molecule has 1 fully saturated rings. The second-order valence-corrected chi connectivity index (χ2v) is 8.31. The fourth-order valence-electron chi connectivity index (χ4n) is 4.40. The Morgan fingerprint density at radius 2 is 1.91 bits per heavy atom. The zero-order valence-electron chi connectivity index (χ0n) is 19.4. The SMILES string of the molecule is CNC(=O)c1ccc(N2CCN(Cc3ccc4c(c3C)CC(=O)C(OC)=N4)CC2)c(C(F)F)n1. The highest BCUT2D eigenvalue weighted by Crippen LogP contribution is 2.32. The molecule has 8 nitrogen and oxygen atoms in total. The summed E-state index contributed by atoms with van der Waals surface area (Å²) in [5.74, 6) is -0.490. The summed E-state index contributed by atoms with van der Waals surface area (Å²) in [4.78, 5) is 36.4. The van der Waals surface area contributed by atoms with E-state index in [9.17, 15) is 18.4 Å². The van der Waals surface area contributed by atoms with Crippen LogP contribution in [0.3, 0.4) is 0 Å². The summed E-state index contributed by atoms with van der Waals surface area (Å²) in [5.41, 5.74) is 3.80. The van der Waals surface area contributed by atoms with Gasteiger partial charge in [-0.3, -0.25) is 14.5 Å². The van der Waals surface area contributed by atoms with Crippen molar-refractivity contribution >= 4 is 29.0 Å². The van der Waals surface area contributed by atoms with E-state index in [4.69, 9.17) is 4.74 Å². The van der Waals surface area contributed by atoms with Crippen molar-refractivity contribution < 1.29 is 23.1 Å². The number of hydrogen-bond acceptors (Lipinski definition) is 7. The molecule has 0 radical (unpaired) electrons. The number of aliphatic imine (C=N–C) groups is 1. The monoisotopic (exact) mass is 471 g/mol. The summed E-state index contributed by atoms with van der Waals surface area (Å²) >= 11 is 0. The van der Waals surface area contributed by atoms with Gasteiger partial charge >= 0.3 is 0 Å². The largest absolute Gasteiger partial charge is 0.478 e. The highest BCUT2D eigenvalue weighted by Gasteiger charge is 2.27. The third-order valence-electron chi connectivity index (χ3n) is 6.35. The van der Waals surface area contributed by atoms with Crippen molar-refractivity contribution in [1.82, 2.24) is 15.2 Å². The van der Waals surface area contributed by atoms with E-state index in [1.54, 1.807) is 6.07 Å². The number of nitrogens with one attached hydrogen (secondary N) is 1. The van der Waals surface area contributed by atoms with Gasteiger partial charge in [0.25, 0.3) is 18.2 Å². The molecule has 2 aliphatic heterocycles. The minimum Gasteiger partial charge on any atom is -0.478 e. The first kappa shape index (κ1) is 23.7. The molecule has 4 rings (SSSR count). The third kappa shape index (κ3) is 4.63. The van der Waals surface area contributed by atoms with Gasteiger partial charge in [0.15, 0.2) is 0 Å². The number of ether oxygens (including phenoxy) is 1. The molecule has 180 valence electrons. The number of Topliss-reactive ketones (excluding diaryl/α,β-unsaturated/α-hetero) is 1. The van der Waals surface area contributed by atoms with Crippen LogP contribution in [-0.4, -0.2) is 67.8 Å². The summed E-state index contributed by atoms with van der Waals surface area (Å²) in [6.45, 7) is 5.18. The topological polar surface area (TPSA) is 87.1 Å². The maximum atomic E-state index is 13.7. The van der Waals surface area contributed by atoms with Crippen molar-refractivity contribution in [1.29, 1.82) is 0 Å². The predicted molar refractivity (Wildman–Crippen MR) is 124 cm³/mol. The Morgan fingerprint density at radius 3 is 2.56 bits per heavy atom. The number of carbonyl (C=O) groups is 2. The van der Waals surface area contributed by atoms with Crippen molar-refractivity contribution in [3.05, 3.63) is 52.3 Å². The molecule has 2 aromatic rings. The van der Waals surface area contributed by atoms with Crippen LogP contribution in [0.15, 0.2) is 29.3 Å². The fourth-order valence-corrected chi connectivity index (χ4v) is 4.40. The Labute approximate surface area is 196 Å². The number of pyridine rings is 1. The van der Waals surface area contributed by atoms with Crippen molar-refractivity contribution in [3.63, 3.8) is 0 Å². The lowest BCUT2D eigenvalue weighted by Crippen LogP contribution is -2.46. The van der Waals surface area contributed by atoms with Crippen LogP contribution in [0.5, 0.6) is 0 Å². The van der Waals surface area contributed by atoms with Crippen molar-refractivity contribution in [3.8, 4) is 0 Å². The zero-order chi connectivity index (χ0) is 24.4. The predicted octanol–water partition coefficient (Wildman–Crippen LogP) is 2.81. The van der Waals surface area contributed by atoms with Gasteiger partial charge < -0.3 is 15.0 Å². The Hall–Kier alpha value is -3.40. The number of aromatic nitrogens is 1. The Kier molecular flexibility index (Phi) is 6.87. The molecular formula is C24H27F2N5O3. The first-order valence-electron chi connectivity index (χ1n) is 11.1. The van der Waals surface area contributed by atoms with Gasteiger partial charge in [-0.05, 0) is 41.8 Å². The number of rotatable bonds is 5. The Bertz CT molecular complexity index is 1140. The first-order valence-corrected chi connectivity index (χ1v) is 11.1. The lowest BCUT2D eigenvalue weighted by Gasteiger charge is -2.37. The van der Waals surface area contributed by atoms with Crippen LogP contribution in [0.1, 0.15) is 39.3 Å². The number of alkyl halides is 2. The van der Waals surface area contributed by atoms with Crippen LogP contribution >= 0.6 is 0 Å². The highest BCUT2D eigenvalue weighted by atomic mass is 19.3. The van der Waals surface area contributed by atoms with Gasteiger partial charge in [-0.2, -0.15) is 0 Å². The van der Waals surface area contributed by atoms with Gasteiger partial charge in [-0.1, -0.05) is 6.07 Å². The summed E-state index contributed by atoms with van der Waals surface area (Å²) in [5, 5.41) is 2.41. The molecule has 1 amide bonds. The van der Waals surface area contributed by atoms with Crippen LogP contribution in [0.2, 0.25) is 0 Å². The molecule has 3 heterocycles. The first-order chi connectivity index (χ1) is 16.3. The fraction of sp³-hybridized carbons (Fsp3) is 0.417. The molecule has 0 saturated carbocycles. The molecule has 10 heteroatoms. The average molecular weight is 472 g/mol. The van der Waals surface area contributed by atoms with E-state index < -0.39 is 12.3 Å². The maximum Gasteiger partial charge on any atom is 0.282 e. The lowest BCUT2D eigenvalue weighted by molar-refractivity contribution is -0.113. The minimum atomic E-state index is -2.78. The number of halogens is 2. The smallest absolute Gasteiger partial charge is 0.282 e. The minimum absolute atomic E-state index is 0.0245. The number of nitrogens with zero attached hydrogens (tertiary/aromatic N) is 4. The van der Waals surface area contributed by atoms with Crippen LogP contribution in [0, 0.1) is 6.92 Å². The quantitative estimate of drug-likeness (QED) is 0.722. The van der Waals surface area contributed by atoms with Gasteiger partial charge in [0.05, 0.1) is 18.5 Å². The molecule has 1 aromatic carbocycles. The molecule has 2 aliphatic rings. The van der Waals surface area contributed by atoms with E-state index in [1.165, 1.54) is 20.2 Å². The van der Waals surface area contributed by atoms with E-state index in [2.05, 4.69) is 20.2 Å². The van der Waals surface area contributed by atoms with Gasteiger partial charge in [0, 0.05) is 46.2 Å². The van der Waals surface area contributed by atoms with Crippen molar-refractivity contribution in [2.75, 3.05) is 45.2 Å². The standard InChI is InChI=1S/C24H27F2N5O3/c1-14-15(4-5-17-16(14)12-20(32)24(29-17)34-3)13-30-8-10-31(11-9-30)19-7-6-18(23(33)27-2)28-21(19)22(25)26/h4-7,22H,8-13H2,1-3H3,(H,27,33). The number of benzene rings is 1. The number of piperazine rings is 1. The van der Waals surface area contributed by atoms with Gasteiger partial charge in [0.1, 0.15) is 11.4 Å². The number of methoxy groups -OCH3 is 1. The molecule has 1 aromatic heterocycles. The summed E-state index contributed by atoms with van der Waals surface area (Å²) in [7, 11) is 2.88. The Balaban J connectivity index is 1.46. The Morgan fingerprint density at radius 1 is 1.18 bits per heavy atom. The zero-order valence-corrected chi connectivity index (χ0v) is 19.4. The van der Waals surface area contributed by atoms with E-state index in [1.807, 2.05) is 24.0 Å². The summed E-state index contributed by atoms with van der Waals surface area (Å²) < 4.78 is 32.4. The van der Waals surface area contributed by atoms with Gasteiger partial charge in [-0.25, -0.2) is 18.8 Å². The average Bonchev–Trinajstić information content (AvgIpc) is 2.85. The lowest BCUT2D eigenvalue weighted by atomic mass is 9.94. The number of ketones is 1. The molecule has 0 aliphatic carbocycles. The normalized spacial score (nSPS) is 16.4. The van der Waals surface area contributed by atoms with E-state index in [-0.39, 0.29) is 29.5 Å². The molecule has 34 heavy (non-hydrogen) atoms. The molecular weight excluding hydrogens is 444 g/mol. The molecule has 1 saturated heterocycles. The van der Waals surface area contributed by atoms with E-state index >= 15 is 0 Å². The molecule has 1 N–H and O–H groups in total. The maximum absolute atomic E-state index is 13.7. The highest BCUT2D eigenvalue weighted by molar-refractivity contribution is 6.38. The van der Waals surface area contributed by atoms with Crippen molar-refractivity contribution in [2.45, 2.75) is 26.3 Å². The summed E-state index contributed by atoms with van der Waals surface area (Å²) in [6.07, 6.45) is -2.51. The number of carbonyl (C=O) groups excluding carboxylic acids is 2. The summed E-state index contributed by atoms with van der Waals surface area (Å²) in [6, 6.07) is 6.95. The van der Waals surface area contributed by atoms with E-state index in [0.29, 0.717) is 38.4 Å². The van der Waals surface area contributed by atoms with Gasteiger partial charge in [-0.15, -0.1) is 0 Å².